The highest BCUT2D eigenvalue weighted by atomic mass is 32.2. The highest BCUT2D eigenvalue weighted by Gasteiger charge is 2.34. The van der Waals surface area contributed by atoms with Crippen molar-refractivity contribution in [1.29, 1.82) is 0 Å². The molecule has 0 spiro atoms. The molecule has 2 heterocycles. The first kappa shape index (κ1) is 28.4. The van der Waals surface area contributed by atoms with Crippen LogP contribution in [-0.2, 0) is 14.8 Å². The van der Waals surface area contributed by atoms with Crippen LogP contribution in [0, 0.1) is 0 Å². The molecule has 206 valence electrons. The van der Waals surface area contributed by atoms with E-state index in [1.165, 1.54) is 4.90 Å². The second kappa shape index (κ2) is 14.0. The summed E-state index contributed by atoms with van der Waals surface area (Å²) in [7, 11) is -3.53. The zero-order valence-corrected chi connectivity index (χ0v) is 22.9. The smallest absolute Gasteiger partial charge is 0.261 e. The molecule has 2 amide bonds. The molecule has 2 aromatic carbocycles. The lowest BCUT2D eigenvalue weighted by Crippen LogP contribution is -2.39. The minimum atomic E-state index is -3.53. The van der Waals surface area contributed by atoms with Crippen LogP contribution >= 0.6 is 0 Å². The summed E-state index contributed by atoms with van der Waals surface area (Å²) in [5, 5.41) is 0. The third-order valence-electron chi connectivity index (χ3n) is 7.28. The Morgan fingerprint density at radius 2 is 1.24 bits per heavy atom. The van der Waals surface area contributed by atoms with E-state index in [-0.39, 0.29) is 11.8 Å². The van der Waals surface area contributed by atoms with Crippen molar-refractivity contribution in [3.63, 3.8) is 0 Å². The van der Waals surface area contributed by atoms with Crippen molar-refractivity contribution in [2.24, 2.45) is 0 Å². The van der Waals surface area contributed by atoms with Gasteiger partial charge >= 0.3 is 0 Å². The molecule has 9 heteroatoms. The maximum absolute atomic E-state index is 13.3. The van der Waals surface area contributed by atoms with Crippen LogP contribution in [0.1, 0.15) is 65.7 Å². The van der Waals surface area contributed by atoms with Crippen LogP contribution in [0.5, 0.6) is 0 Å². The first-order valence-electron chi connectivity index (χ1n) is 13.8. The van der Waals surface area contributed by atoms with Crippen molar-refractivity contribution < 1.29 is 22.7 Å². The van der Waals surface area contributed by atoms with E-state index in [1.54, 1.807) is 52.8 Å². The molecule has 0 N–H and O–H groups in total. The average molecular weight is 542 g/mol. The molecule has 0 atom stereocenters. The van der Waals surface area contributed by atoms with Crippen molar-refractivity contribution in [1.82, 2.24) is 14.1 Å². The maximum Gasteiger partial charge on any atom is 0.261 e. The lowest BCUT2D eigenvalue weighted by Gasteiger charge is -2.28. The summed E-state index contributed by atoms with van der Waals surface area (Å²) in [6, 6.07) is 15.7. The summed E-state index contributed by atoms with van der Waals surface area (Å²) in [4.78, 5) is 29.0. The summed E-state index contributed by atoms with van der Waals surface area (Å²) < 4.78 is 33.7. The number of benzene rings is 2. The molecule has 0 unspecified atom stereocenters. The molecular weight excluding hydrogens is 502 g/mol. The Kier molecular flexibility index (Phi) is 10.5. The molecule has 2 aliphatic rings. The van der Waals surface area contributed by atoms with E-state index in [4.69, 9.17) is 4.74 Å². The first-order valence-corrected chi connectivity index (χ1v) is 15.2. The molecule has 2 aromatic rings. The van der Waals surface area contributed by atoms with E-state index in [1.807, 2.05) is 6.07 Å². The highest BCUT2D eigenvalue weighted by molar-refractivity contribution is 7.89. The number of carbonyl (C=O) groups excluding carboxylic acids is 2. The predicted molar refractivity (Wildman–Crippen MR) is 147 cm³/mol. The van der Waals surface area contributed by atoms with E-state index < -0.39 is 10.0 Å². The molecule has 8 nitrogen and oxygen atoms in total. The van der Waals surface area contributed by atoms with Crippen LogP contribution in [0.25, 0.3) is 0 Å². The molecule has 1 saturated heterocycles. The van der Waals surface area contributed by atoms with Crippen molar-refractivity contribution in [3.05, 3.63) is 65.7 Å². The minimum Gasteiger partial charge on any atom is -0.379 e. The van der Waals surface area contributed by atoms with Gasteiger partial charge in [-0.25, -0.2) is 8.42 Å². The number of hydrogen-bond donors (Lipinski definition) is 0. The number of amides is 2. The van der Waals surface area contributed by atoms with Gasteiger partial charge in [0.2, 0.25) is 10.0 Å². The van der Waals surface area contributed by atoms with E-state index in [0.717, 1.165) is 77.8 Å². The van der Waals surface area contributed by atoms with Gasteiger partial charge in [0, 0.05) is 32.7 Å². The second-order valence-electron chi connectivity index (χ2n) is 9.95. The fraction of sp³-hybridized carbons (Fsp3) is 0.517. The van der Waals surface area contributed by atoms with Gasteiger partial charge in [0.25, 0.3) is 11.8 Å². The Balaban J connectivity index is 1.17. The molecule has 4 rings (SSSR count). The fourth-order valence-corrected chi connectivity index (χ4v) is 6.63. The number of nitrogens with zero attached hydrogens (tertiary/aromatic N) is 3. The largest absolute Gasteiger partial charge is 0.379 e. The zero-order chi connectivity index (χ0) is 26.8. The molecule has 0 saturated carbocycles. The van der Waals surface area contributed by atoms with Gasteiger partial charge < -0.3 is 4.74 Å². The van der Waals surface area contributed by atoms with Crippen LogP contribution in [0.3, 0.4) is 0 Å². The molecule has 0 aromatic heterocycles. The van der Waals surface area contributed by atoms with Crippen LogP contribution in [-0.4, -0.2) is 86.8 Å². The molecule has 0 aliphatic carbocycles. The number of fused-ring (bicyclic) bond motifs is 1. The molecule has 0 bridgehead atoms. The van der Waals surface area contributed by atoms with Crippen molar-refractivity contribution in [2.45, 2.75) is 49.8 Å². The van der Waals surface area contributed by atoms with Crippen LogP contribution < -0.4 is 0 Å². The Bertz CT molecular complexity index is 1130. The topological polar surface area (TPSA) is 87.2 Å². The maximum atomic E-state index is 13.3. The van der Waals surface area contributed by atoms with Gasteiger partial charge in [-0.15, -0.1) is 0 Å². The quantitative estimate of drug-likeness (QED) is 0.250. The summed E-state index contributed by atoms with van der Waals surface area (Å²) in [6.07, 6.45) is 6.24. The summed E-state index contributed by atoms with van der Waals surface area (Å²) in [5.74, 6) is -0.391. The monoisotopic (exact) mass is 541 g/mol. The lowest BCUT2D eigenvalue weighted by atomic mass is 10.1. The Hall–Kier alpha value is -2.59. The normalized spacial score (nSPS) is 16.4. The minimum absolute atomic E-state index is 0.195. The number of hydrogen-bond acceptors (Lipinski definition) is 6. The SMILES string of the molecule is O=C1c2ccccc2C(=O)N1CCCCCCCCN(CCCN1CCOCC1)S(=O)(=O)c1ccccc1. The number of sulfonamides is 1. The zero-order valence-electron chi connectivity index (χ0n) is 22.1. The van der Waals surface area contributed by atoms with Crippen LogP contribution in [0.4, 0.5) is 0 Å². The van der Waals surface area contributed by atoms with Gasteiger partial charge in [-0.1, -0.05) is 56.0 Å². The number of carbonyl (C=O) groups is 2. The average Bonchev–Trinajstić information content (AvgIpc) is 3.19. The lowest BCUT2D eigenvalue weighted by molar-refractivity contribution is 0.0369. The summed E-state index contributed by atoms with van der Waals surface area (Å²) in [6.45, 7) is 5.62. The first-order chi connectivity index (χ1) is 18.5. The summed E-state index contributed by atoms with van der Waals surface area (Å²) in [5.41, 5.74) is 0.995. The summed E-state index contributed by atoms with van der Waals surface area (Å²) >= 11 is 0. The van der Waals surface area contributed by atoms with Crippen LogP contribution in [0.2, 0.25) is 0 Å². The van der Waals surface area contributed by atoms with Crippen LogP contribution in [0.15, 0.2) is 59.5 Å². The second-order valence-corrected chi connectivity index (χ2v) is 11.9. The van der Waals surface area contributed by atoms with Crippen molar-refractivity contribution >= 4 is 21.8 Å². The van der Waals surface area contributed by atoms with Gasteiger partial charge in [0.05, 0.1) is 29.2 Å². The van der Waals surface area contributed by atoms with Crippen molar-refractivity contribution in [2.75, 3.05) is 52.5 Å². The predicted octanol–water partition coefficient (Wildman–Crippen LogP) is 4.04. The number of imide groups is 1. The van der Waals surface area contributed by atoms with Gasteiger partial charge in [-0.05, 0) is 50.1 Å². The molecule has 38 heavy (non-hydrogen) atoms. The van der Waals surface area contributed by atoms with E-state index in [2.05, 4.69) is 4.90 Å². The third kappa shape index (κ3) is 7.28. The van der Waals surface area contributed by atoms with E-state index >= 15 is 0 Å². The Labute approximate surface area is 226 Å². The Morgan fingerprint density at radius 1 is 0.684 bits per heavy atom. The molecule has 0 radical (unpaired) electrons. The van der Waals surface area contributed by atoms with Gasteiger partial charge in [-0.3, -0.25) is 19.4 Å². The van der Waals surface area contributed by atoms with Crippen molar-refractivity contribution in [3.8, 4) is 0 Å². The number of unbranched alkanes of at least 4 members (excludes halogenated alkanes) is 5. The highest BCUT2D eigenvalue weighted by Crippen LogP contribution is 2.23. The van der Waals surface area contributed by atoms with Gasteiger partial charge in [0.1, 0.15) is 0 Å². The number of morpholine rings is 1. The number of ether oxygens (including phenoxy) is 1. The third-order valence-corrected chi connectivity index (χ3v) is 9.20. The molecule has 1 fully saturated rings. The van der Waals surface area contributed by atoms with E-state index in [9.17, 15) is 18.0 Å². The Morgan fingerprint density at radius 3 is 1.89 bits per heavy atom. The van der Waals surface area contributed by atoms with Gasteiger partial charge in [-0.2, -0.15) is 4.31 Å². The van der Waals surface area contributed by atoms with Gasteiger partial charge in [0.15, 0.2) is 0 Å². The molecule has 2 aliphatic heterocycles. The standard InChI is InChI=1S/C29H39N3O5S/c33-28-26-15-8-9-16-27(26)29(34)32(28)20-11-4-2-1-3-10-18-31(19-12-17-30-21-23-37-24-22-30)38(35,36)25-13-6-5-7-14-25/h5-9,13-16H,1-4,10-12,17-24H2. The van der Waals surface area contributed by atoms with E-state index in [0.29, 0.717) is 35.7 Å². The molecular formula is C29H39N3O5S. The number of rotatable bonds is 15. The fourth-order valence-electron chi connectivity index (χ4n) is 5.10.